The molecule has 0 aromatic heterocycles. The van der Waals surface area contributed by atoms with Gasteiger partial charge in [-0.15, -0.1) is 0 Å². The molecule has 178 valence electrons. The van der Waals surface area contributed by atoms with Crippen molar-refractivity contribution in [2.45, 2.75) is 50.3 Å². The van der Waals surface area contributed by atoms with E-state index in [1.165, 1.54) is 11.1 Å². The van der Waals surface area contributed by atoms with Gasteiger partial charge < -0.3 is 15.1 Å². The number of sulfonamides is 1. The number of aryl methyl sites for hydroxylation is 2. The van der Waals surface area contributed by atoms with E-state index in [0.29, 0.717) is 37.4 Å². The molecule has 4 rings (SSSR count). The number of likely N-dealkylation sites (N-methyl/N-ethyl adjacent to an activating group) is 1. The average Bonchev–Trinajstić information content (AvgIpc) is 3.30. The Hall–Kier alpha value is -1.48. The number of carbonyl (C=O) groups excluding carboxylic acids is 1. The van der Waals surface area contributed by atoms with E-state index >= 15 is 0 Å². The summed E-state index contributed by atoms with van der Waals surface area (Å²) in [5.41, 5.74) is 2.45. The van der Waals surface area contributed by atoms with Gasteiger partial charge in [0.2, 0.25) is 15.9 Å². The summed E-state index contributed by atoms with van der Waals surface area (Å²) in [6.07, 6.45) is 5.27. The zero-order valence-electron chi connectivity index (χ0n) is 19.4. The minimum atomic E-state index is -3.48. The van der Waals surface area contributed by atoms with E-state index in [4.69, 9.17) is 0 Å². The van der Waals surface area contributed by atoms with Gasteiger partial charge in [-0.3, -0.25) is 4.79 Å². The molecule has 32 heavy (non-hydrogen) atoms. The lowest BCUT2D eigenvalue weighted by atomic mass is 9.97. The molecule has 0 radical (unpaired) electrons. The number of piperazine rings is 1. The first kappa shape index (κ1) is 23.7. The highest BCUT2D eigenvalue weighted by molar-refractivity contribution is 7.89. The Morgan fingerprint density at radius 2 is 1.69 bits per heavy atom. The highest BCUT2D eigenvalue weighted by Crippen LogP contribution is 2.28. The fourth-order valence-corrected chi connectivity index (χ4v) is 6.72. The Morgan fingerprint density at radius 1 is 1.00 bits per heavy atom. The molecule has 2 fully saturated rings. The number of rotatable bonds is 8. The van der Waals surface area contributed by atoms with Crippen LogP contribution in [0, 0.1) is 5.92 Å². The van der Waals surface area contributed by atoms with Crippen LogP contribution >= 0.6 is 0 Å². The van der Waals surface area contributed by atoms with E-state index in [1.807, 2.05) is 12.1 Å². The van der Waals surface area contributed by atoms with Gasteiger partial charge in [0.1, 0.15) is 0 Å². The Bertz CT molecular complexity index is 889. The molecule has 2 saturated heterocycles. The summed E-state index contributed by atoms with van der Waals surface area (Å²) < 4.78 is 27.7. The smallest absolute Gasteiger partial charge is 0.243 e. The minimum Gasteiger partial charge on any atom is -0.356 e. The number of nitrogens with one attached hydrogen (secondary N) is 1. The van der Waals surface area contributed by atoms with Crippen LogP contribution in [0.4, 0.5) is 0 Å². The molecule has 1 amide bonds. The fraction of sp³-hybridized carbons (Fsp3) is 0.708. The van der Waals surface area contributed by atoms with E-state index in [-0.39, 0.29) is 11.8 Å². The second-order valence-corrected chi connectivity index (χ2v) is 11.3. The average molecular weight is 463 g/mol. The fourth-order valence-electron chi connectivity index (χ4n) is 5.20. The van der Waals surface area contributed by atoms with Gasteiger partial charge in [-0.2, -0.15) is 4.31 Å². The maximum absolute atomic E-state index is 13.1. The lowest BCUT2D eigenvalue weighted by Crippen LogP contribution is -2.47. The summed E-state index contributed by atoms with van der Waals surface area (Å²) in [5, 5.41) is 3.08. The van der Waals surface area contributed by atoms with Gasteiger partial charge in [-0.25, -0.2) is 8.42 Å². The van der Waals surface area contributed by atoms with E-state index in [1.54, 1.807) is 10.4 Å². The van der Waals surface area contributed by atoms with Gasteiger partial charge in [0.05, 0.1) is 4.90 Å². The Morgan fingerprint density at radius 3 is 2.41 bits per heavy atom. The first-order valence-corrected chi connectivity index (χ1v) is 13.8. The number of nitrogens with zero attached hydrogens (tertiary/aromatic N) is 3. The van der Waals surface area contributed by atoms with Gasteiger partial charge in [-0.05, 0) is 74.9 Å². The van der Waals surface area contributed by atoms with Gasteiger partial charge in [0.15, 0.2) is 0 Å². The Labute approximate surface area is 193 Å². The number of hydrogen-bond donors (Lipinski definition) is 1. The van der Waals surface area contributed by atoms with Crippen LogP contribution in [0.3, 0.4) is 0 Å². The van der Waals surface area contributed by atoms with E-state index in [0.717, 1.165) is 65.0 Å². The molecule has 0 bridgehead atoms. The van der Waals surface area contributed by atoms with Crippen molar-refractivity contribution in [2.24, 2.45) is 5.92 Å². The van der Waals surface area contributed by atoms with Crippen molar-refractivity contribution in [1.29, 1.82) is 0 Å². The Kier molecular flexibility index (Phi) is 7.87. The second kappa shape index (κ2) is 10.6. The normalized spacial score (nSPS) is 21.5. The Balaban J connectivity index is 1.18. The van der Waals surface area contributed by atoms with Crippen LogP contribution < -0.4 is 5.32 Å². The summed E-state index contributed by atoms with van der Waals surface area (Å²) in [5.74, 6) is -0.00930. The lowest BCUT2D eigenvalue weighted by molar-refractivity contribution is -0.126. The number of hydrogen-bond acceptors (Lipinski definition) is 5. The largest absolute Gasteiger partial charge is 0.356 e. The van der Waals surface area contributed by atoms with Crippen LogP contribution in [0.25, 0.3) is 0 Å². The summed E-state index contributed by atoms with van der Waals surface area (Å²) in [7, 11) is -3.48. The van der Waals surface area contributed by atoms with Gasteiger partial charge in [-0.1, -0.05) is 13.0 Å². The minimum absolute atomic E-state index is 0.0791. The topological polar surface area (TPSA) is 73.0 Å². The first-order valence-electron chi connectivity index (χ1n) is 12.3. The van der Waals surface area contributed by atoms with Crippen molar-refractivity contribution in [2.75, 3.05) is 58.9 Å². The van der Waals surface area contributed by atoms with E-state index in [9.17, 15) is 13.2 Å². The van der Waals surface area contributed by atoms with Crippen LogP contribution in [0.2, 0.25) is 0 Å². The molecule has 0 spiro atoms. The second-order valence-electron chi connectivity index (χ2n) is 9.38. The molecule has 1 aliphatic carbocycles. The predicted molar refractivity (Wildman–Crippen MR) is 126 cm³/mol. The number of fused-ring (bicyclic) bond motifs is 1. The third-order valence-electron chi connectivity index (χ3n) is 7.39. The molecule has 2 aliphatic heterocycles. The van der Waals surface area contributed by atoms with Crippen LogP contribution in [0.15, 0.2) is 23.1 Å². The highest BCUT2D eigenvalue weighted by atomic mass is 32.2. The number of piperidine rings is 1. The van der Waals surface area contributed by atoms with Crippen LogP contribution in [0.5, 0.6) is 0 Å². The van der Waals surface area contributed by atoms with Crippen molar-refractivity contribution in [3.8, 4) is 0 Å². The quantitative estimate of drug-likeness (QED) is 0.596. The van der Waals surface area contributed by atoms with Crippen LogP contribution in [0.1, 0.15) is 43.7 Å². The molecule has 1 N–H and O–H groups in total. The summed E-state index contributed by atoms with van der Waals surface area (Å²) in [4.78, 5) is 17.9. The van der Waals surface area contributed by atoms with E-state index < -0.39 is 10.0 Å². The third kappa shape index (κ3) is 5.53. The summed E-state index contributed by atoms with van der Waals surface area (Å²) in [6.45, 7) is 10.4. The summed E-state index contributed by atoms with van der Waals surface area (Å²) in [6, 6.07) is 5.58. The van der Waals surface area contributed by atoms with Crippen molar-refractivity contribution in [3.05, 3.63) is 29.3 Å². The number of amides is 1. The third-order valence-corrected chi connectivity index (χ3v) is 9.29. The monoisotopic (exact) mass is 462 g/mol. The van der Waals surface area contributed by atoms with Crippen LogP contribution in [-0.2, 0) is 27.7 Å². The number of benzene rings is 1. The molecule has 8 heteroatoms. The standard InChI is InChI=1S/C24H38N4O3S/c1-2-26-15-17-27(18-16-26)12-4-11-25-24(29)21-9-13-28(14-10-21)32(30,31)23-8-7-20-5-3-6-22(20)19-23/h7-8,19,21H,2-6,9-18H2,1H3,(H,25,29). The first-order chi connectivity index (χ1) is 15.5. The summed E-state index contributed by atoms with van der Waals surface area (Å²) >= 11 is 0. The molecule has 0 unspecified atom stereocenters. The molecule has 7 nitrogen and oxygen atoms in total. The molecule has 2 heterocycles. The zero-order valence-corrected chi connectivity index (χ0v) is 20.2. The molecule has 1 aromatic rings. The lowest BCUT2D eigenvalue weighted by Gasteiger charge is -2.34. The molecule has 0 saturated carbocycles. The van der Waals surface area contributed by atoms with Gasteiger partial charge in [0.25, 0.3) is 0 Å². The van der Waals surface area contributed by atoms with E-state index in [2.05, 4.69) is 22.0 Å². The molecule has 3 aliphatic rings. The molecule has 1 aromatic carbocycles. The maximum atomic E-state index is 13.1. The zero-order chi connectivity index (χ0) is 22.6. The van der Waals surface area contributed by atoms with Gasteiger partial charge >= 0.3 is 0 Å². The molecular formula is C24H38N4O3S. The van der Waals surface area contributed by atoms with Crippen molar-refractivity contribution < 1.29 is 13.2 Å². The maximum Gasteiger partial charge on any atom is 0.243 e. The molecular weight excluding hydrogens is 424 g/mol. The van der Waals surface area contributed by atoms with Crippen LogP contribution in [-0.4, -0.2) is 87.3 Å². The highest BCUT2D eigenvalue weighted by Gasteiger charge is 2.32. The van der Waals surface area contributed by atoms with Crippen molar-refractivity contribution in [1.82, 2.24) is 19.4 Å². The van der Waals surface area contributed by atoms with Gasteiger partial charge in [0, 0.05) is 51.7 Å². The SMILES string of the molecule is CCN1CCN(CCCNC(=O)C2CCN(S(=O)(=O)c3ccc4c(c3)CCC4)CC2)CC1. The molecule has 0 atom stereocenters. The number of carbonyl (C=O) groups is 1. The van der Waals surface area contributed by atoms with Crippen molar-refractivity contribution >= 4 is 15.9 Å². The predicted octanol–water partition coefficient (Wildman–Crippen LogP) is 1.72. The van der Waals surface area contributed by atoms with Crippen molar-refractivity contribution in [3.63, 3.8) is 0 Å².